The highest BCUT2D eigenvalue weighted by Gasteiger charge is 2.29. The van der Waals surface area contributed by atoms with E-state index in [4.69, 9.17) is 4.74 Å². The maximum atomic E-state index is 5.79. The van der Waals surface area contributed by atoms with Gasteiger partial charge in [-0.15, -0.1) is 0 Å². The van der Waals surface area contributed by atoms with Crippen molar-refractivity contribution in [2.24, 2.45) is 11.8 Å². The van der Waals surface area contributed by atoms with Crippen molar-refractivity contribution in [3.05, 3.63) is 0 Å². The molecule has 2 heterocycles. The average Bonchev–Trinajstić information content (AvgIpc) is 2.83. The minimum absolute atomic E-state index is 0.107. The molecule has 2 aliphatic heterocycles. The predicted molar refractivity (Wildman–Crippen MR) is 75.8 cm³/mol. The van der Waals surface area contributed by atoms with Crippen LogP contribution in [0.3, 0.4) is 0 Å². The van der Waals surface area contributed by atoms with Gasteiger partial charge in [-0.05, 0) is 70.5 Å². The van der Waals surface area contributed by atoms with E-state index >= 15 is 0 Å². The zero-order valence-electron chi connectivity index (χ0n) is 12.1. The van der Waals surface area contributed by atoms with E-state index in [1.807, 2.05) is 0 Å². The third-order valence-corrected chi connectivity index (χ3v) is 4.72. The molecular formula is C15H30N2O. The highest BCUT2D eigenvalue weighted by Crippen LogP contribution is 2.24. The van der Waals surface area contributed by atoms with Crippen molar-refractivity contribution < 1.29 is 4.74 Å². The fraction of sp³-hybridized carbons (Fsp3) is 1.00. The van der Waals surface area contributed by atoms with Crippen molar-refractivity contribution in [3.8, 4) is 0 Å². The number of nitrogens with one attached hydrogen (secondary N) is 2. The minimum atomic E-state index is 0.107. The topological polar surface area (TPSA) is 33.3 Å². The average molecular weight is 254 g/mol. The van der Waals surface area contributed by atoms with E-state index in [1.165, 1.54) is 45.2 Å². The van der Waals surface area contributed by atoms with Crippen LogP contribution in [0.4, 0.5) is 0 Å². The Morgan fingerprint density at radius 2 is 2.33 bits per heavy atom. The summed E-state index contributed by atoms with van der Waals surface area (Å²) in [5.41, 5.74) is 0.107. The number of rotatable bonds is 6. The second-order valence-electron chi connectivity index (χ2n) is 6.45. The molecule has 0 radical (unpaired) electrons. The van der Waals surface area contributed by atoms with Crippen LogP contribution in [0.2, 0.25) is 0 Å². The lowest BCUT2D eigenvalue weighted by atomic mass is 9.85. The van der Waals surface area contributed by atoms with Crippen LogP contribution in [0, 0.1) is 11.8 Å². The van der Waals surface area contributed by atoms with E-state index in [0.29, 0.717) is 0 Å². The van der Waals surface area contributed by atoms with E-state index in [2.05, 4.69) is 24.5 Å². The summed E-state index contributed by atoms with van der Waals surface area (Å²) >= 11 is 0. The first kappa shape index (κ1) is 14.3. The molecule has 0 aromatic carbocycles. The molecule has 3 atom stereocenters. The quantitative estimate of drug-likeness (QED) is 0.713. The summed E-state index contributed by atoms with van der Waals surface area (Å²) in [4.78, 5) is 0. The van der Waals surface area contributed by atoms with Crippen LogP contribution in [0.1, 0.15) is 46.0 Å². The lowest BCUT2D eigenvalue weighted by molar-refractivity contribution is 0.0207. The first-order chi connectivity index (χ1) is 8.70. The molecule has 0 amide bonds. The van der Waals surface area contributed by atoms with Crippen molar-refractivity contribution in [3.63, 3.8) is 0 Å². The van der Waals surface area contributed by atoms with Crippen LogP contribution >= 0.6 is 0 Å². The first-order valence-electron chi connectivity index (χ1n) is 7.75. The second-order valence-corrected chi connectivity index (χ2v) is 6.45. The molecule has 3 heteroatoms. The molecule has 18 heavy (non-hydrogen) atoms. The van der Waals surface area contributed by atoms with Gasteiger partial charge in [-0.2, -0.15) is 0 Å². The molecule has 3 nitrogen and oxygen atoms in total. The summed E-state index contributed by atoms with van der Waals surface area (Å²) in [6.45, 7) is 10.2. The summed E-state index contributed by atoms with van der Waals surface area (Å²) in [5.74, 6) is 1.72. The van der Waals surface area contributed by atoms with Gasteiger partial charge in [0, 0.05) is 13.2 Å². The second kappa shape index (κ2) is 6.88. The van der Waals surface area contributed by atoms with Crippen LogP contribution in [0.25, 0.3) is 0 Å². The Hall–Kier alpha value is -0.120. The van der Waals surface area contributed by atoms with Gasteiger partial charge < -0.3 is 15.4 Å². The summed E-state index contributed by atoms with van der Waals surface area (Å²) in [6.07, 6.45) is 6.50. The van der Waals surface area contributed by atoms with E-state index < -0.39 is 0 Å². The molecule has 0 spiro atoms. The van der Waals surface area contributed by atoms with E-state index in [-0.39, 0.29) is 5.60 Å². The molecule has 0 saturated carbocycles. The van der Waals surface area contributed by atoms with Crippen molar-refractivity contribution in [1.29, 1.82) is 0 Å². The maximum absolute atomic E-state index is 5.79. The molecule has 0 aliphatic carbocycles. The molecule has 2 rings (SSSR count). The molecule has 2 N–H and O–H groups in total. The molecule has 106 valence electrons. The Balaban J connectivity index is 1.57. The summed E-state index contributed by atoms with van der Waals surface area (Å²) in [6, 6.07) is 0. The van der Waals surface area contributed by atoms with Crippen LogP contribution in [-0.4, -0.2) is 38.4 Å². The van der Waals surface area contributed by atoms with Gasteiger partial charge in [0.1, 0.15) is 0 Å². The van der Waals surface area contributed by atoms with Gasteiger partial charge in [-0.25, -0.2) is 0 Å². The van der Waals surface area contributed by atoms with Crippen LogP contribution in [-0.2, 0) is 4.74 Å². The Kier molecular flexibility index (Phi) is 5.46. The normalized spacial score (nSPS) is 34.7. The fourth-order valence-corrected chi connectivity index (χ4v) is 3.26. The summed E-state index contributed by atoms with van der Waals surface area (Å²) in [5, 5.41) is 7.11. The zero-order valence-corrected chi connectivity index (χ0v) is 12.1. The molecule has 2 aliphatic rings. The predicted octanol–water partition coefficient (Wildman–Crippen LogP) is 2.17. The van der Waals surface area contributed by atoms with E-state index in [1.54, 1.807) is 0 Å². The SMILES string of the molecule is CC(CCNCC1(C)CCCO1)C1CCCNC1. The highest BCUT2D eigenvalue weighted by atomic mass is 16.5. The minimum Gasteiger partial charge on any atom is -0.374 e. The fourth-order valence-electron chi connectivity index (χ4n) is 3.26. The lowest BCUT2D eigenvalue weighted by Crippen LogP contribution is -2.39. The molecule has 0 aromatic heterocycles. The monoisotopic (exact) mass is 254 g/mol. The van der Waals surface area contributed by atoms with E-state index in [9.17, 15) is 0 Å². The largest absolute Gasteiger partial charge is 0.374 e. The highest BCUT2D eigenvalue weighted by molar-refractivity contribution is 4.82. The van der Waals surface area contributed by atoms with Crippen molar-refractivity contribution >= 4 is 0 Å². The zero-order chi connectivity index (χ0) is 12.8. The van der Waals surface area contributed by atoms with Crippen molar-refractivity contribution in [1.82, 2.24) is 10.6 Å². The molecule has 0 bridgehead atoms. The van der Waals surface area contributed by atoms with Gasteiger partial charge in [0.2, 0.25) is 0 Å². The summed E-state index contributed by atoms with van der Waals surface area (Å²) < 4.78 is 5.79. The lowest BCUT2D eigenvalue weighted by Gasteiger charge is -2.29. The van der Waals surface area contributed by atoms with Crippen LogP contribution in [0.5, 0.6) is 0 Å². The molecule has 3 unspecified atom stereocenters. The number of ether oxygens (including phenoxy) is 1. The molecule has 0 aromatic rings. The molecular weight excluding hydrogens is 224 g/mol. The summed E-state index contributed by atoms with van der Waals surface area (Å²) in [7, 11) is 0. The van der Waals surface area contributed by atoms with Gasteiger partial charge in [0.05, 0.1) is 5.60 Å². The Morgan fingerprint density at radius 3 is 3.00 bits per heavy atom. The van der Waals surface area contributed by atoms with Crippen LogP contribution < -0.4 is 10.6 Å². The number of hydrogen-bond acceptors (Lipinski definition) is 3. The Labute approximate surface area is 112 Å². The Bertz CT molecular complexity index is 233. The van der Waals surface area contributed by atoms with Crippen LogP contribution in [0.15, 0.2) is 0 Å². The third-order valence-electron chi connectivity index (χ3n) is 4.72. The van der Waals surface area contributed by atoms with Gasteiger partial charge in [-0.3, -0.25) is 0 Å². The molecule has 2 fully saturated rings. The van der Waals surface area contributed by atoms with Gasteiger partial charge in [0.15, 0.2) is 0 Å². The van der Waals surface area contributed by atoms with Crippen molar-refractivity contribution in [2.45, 2.75) is 51.6 Å². The van der Waals surface area contributed by atoms with Gasteiger partial charge in [-0.1, -0.05) is 6.92 Å². The van der Waals surface area contributed by atoms with Gasteiger partial charge in [0.25, 0.3) is 0 Å². The first-order valence-corrected chi connectivity index (χ1v) is 7.75. The third kappa shape index (κ3) is 4.22. The molecule has 2 saturated heterocycles. The Morgan fingerprint density at radius 1 is 1.44 bits per heavy atom. The number of hydrogen-bond donors (Lipinski definition) is 2. The maximum Gasteiger partial charge on any atom is 0.0779 e. The standard InChI is InChI=1S/C15H30N2O/c1-13(14-5-3-8-16-11-14)6-9-17-12-15(2)7-4-10-18-15/h13-14,16-17H,3-12H2,1-2H3. The van der Waals surface area contributed by atoms with Crippen molar-refractivity contribution in [2.75, 3.05) is 32.8 Å². The smallest absolute Gasteiger partial charge is 0.0779 e. The van der Waals surface area contributed by atoms with E-state index in [0.717, 1.165) is 31.5 Å². The van der Waals surface area contributed by atoms with Gasteiger partial charge >= 0.3 is 0 Å². The number of piperidine rings is 1.